The zero-order valence-corrected chi connectivity index (χ0v) is 9.74. The Hall–Kier alpha value is -0.875. The molecular weight excluding hydrogens is 203 g/mol. The maximum atomic E-state index is 5.36. The summed E-state index contributed by atoms with van der Waals surface area (Å²) in [7, 11) is 7.51. The van der Waals surface area contributed by atoms with Gasteiger partial charge in [0, 0.05) is 26.2 Å². The molecule has 0 atom stereocenters. The minimum atomic E-state index is 0. The van der Waals surface area contributed by atoms with E-state index >= 15 is 0 Å². The van der Waals surface area contributed by atoms with E-state index in [1.807, 2.05) is 30.3 Å². The van der Waals surface area contributed by atoms with Gasteiger partial charge in [-0.15, -0.1) is 0 Å². The van der Waals surface area contributed by atoms with Crippen LogP contribution >= 0.6 is 0 Å². The van der Waals surface area contributed by atoms with Gasteiger partial charge in [0.25, 0.3) is 0 Å². The van der Waals surface area contributed by atoms with Gasteiger partial charge in [-0.3, -0.25) is 0 Å². The molecule has 1 saturated heterocycles. The van der Waals surface area contributed by atoms with E-state index in [0.717, 1.165) is 18.6 Å². The fourth-order valence-electron chi connectivity index (χ4n) is 1.23. The lowest BCUT2D eigenvalue weighted by atomic mass is 9.97. The summed E-state index contributed by atoms with van der Waals surface area (Å²) in [4.78, 5) is 2.33. The quantitative estimate of drug-likeness (QED) is 0.536. The molecule has 2 rings (SSSR count). The van der Waals surface area contributed by atoms with Crippen LogP contribution in [0.5, 0.6) is 0 Å². The lowest BCUT2D eigenvalue weighted by Crippen LogP contribution is -2.40. The molecule has 1 fully saturated rings. The highest BCUT2D eigenvalue weighted by Gasteiger charge is 2.01. The number of benzene rings is 1. The first-order chi connectivity index (χ1) is 6.79. The van der Waals surface area contributed by atoms with Crippen molar-refractivity contribution in [3.8, 4) is 0 Å². The average Bonchev–Trinajstić information content (AvgIpc) is 2.21. The van der Waals surface area contributed by atoms with Crippen molar-refractivity contribution in [2.45, 2.75) is 0 Å². The summed E-state index contributed by atoms with van der Waals surface area (Å²) in [5, 5.41) is 3.27. The zero-order chi connectivity index (χ0) is 10.2. The third-order valence-electron chi connectivity index (χ3n) is 2.14. The first-order valence-corrected chi connectivity index (χ1v) is 4.99. The molecule has 16 heavy (non-hydrogen) atoms. The van der Waals surface area contributed by atoms with Gasteiger partial charge in [-0.05, 0) is 7.05 Å². The number of hydrogen-bond acceptors (Lipinski definition) is 2. The molecule has 0 amide bonds. The number of nitrogens with one attached hydrogen (secondary N) is 1. The van der Waals surface area contributed by atoms with Crippen molar-refractivity contribution in [1.29, 1.82) is 0 Å². The first-order valence-electron chi connectivity index (χ1n) is 4.99. The summed E-state index contributed by atoms with van der Waals surface area (Å²) in [6.45, 7) is 4.74. The Bertz CT molecular complexity index is 241. The molecule has 0 bridgehead atoms. The molecule has 2 radical (unpaired) electrons. The van der Waals surface area contributed by atoms with Crippen molar-refractivity contribution in [2.75, 3.05) is 33.2 Å². The number of likely N-dealkylation sites (N-methyl/N-ethyl adjacent to an activating group) is 1. The van der Waals surface area contributed by atoms with E-state index in [1.165, 1.54) is 13.1 Å². The molecular formula is C11H21BN2O2. The van der Waals surface area contributed by atoms with Gasteiger partial charge in [0.05, 0.1) is 0 Å². The van der Waals surface area contributed by atoms with E-state index in [4.69, 9.17) is 7.85 Å². The third kappa shape index (κ3) is 8.43. The summed E-state index contributed by atoms with van der Waals surface area (Å²) < 4.78 is 0. The van der Waals surface area contributed by atoms with E-state index in [-0.39, 0.29) is 11.0 Å². The Kier molecular flexibility index (Phi) is 11.6. The Morgan fingerprint density at radius 1 is 1.06 bits per heavy atom. The maximum absolute atomic E-state index is 5.36. The fraction of sp³-hybridized carbons (Fsp3) is 0.455. The molecule has 0 saturated carbocycles. The normalized spacial score (nSPS) is 14.8. The number of rotatable bonds is 0. The lowest BCUT2D eigenvalue weighted by molar-refractivity contribution is 0.291. The second-order valence-corrected chi connectivity index (χ2v) is 3.46. The van der Waals surface area contributed by atoms with Gasteiger partial charge in [-0.25, -0.2) is 0 Å². The molecule has 1 aromatic carbocycles. The van der Waals surface area contributed by atoms with E-state index in [0.29, 0.717) is 0 Å². The molecule has 0 spiro atoms. The second-order valence-electron chi connectivity index (χ2n) is 3.46. The second kappa shape index (κ2) is 10.6. The first kappa shape index (κ1) is 17.5. The summed E-state index contributed by atoms with van der Waals surface area (Å²) in [6, 6.07) is 9.49. The van der Waals surface area contributed by atoms with Crippen LogP contribution in [-0.2, 0) is 0 Å². The predicted molar refractivity (Wildman–Crippen MR) is 69.4 cm³/mol. The SMILES string of the molecule is CN1CCNCC1.O.O.[B]c1ccccc1. The van der Waals surface area contributed by atoms with Crippen LogP contribution in [0.2, 0.25) is 0 Å². The highest BCUT2D eigenvalue weighted by molar-refractivity contribution is 6.32. The van der Waals surface area contributed by atoms with Crippen molar-refractivity contribution in [3.05, 3.63) is 30.3 Å². The smallest absolute Gasteiger partial charge is 0.113 e. The predicted octanol–water partition coefficient (Wildman–Crippen LogP) is -1.65. The molecule has 1 aliphatic heterocycles. The fourth-order valence-corrected chi connectivity index (χ4v) is 1.23. The van der Waals surface area contributed by atoms with Crippen LogP contribution in [0.1, 0.15) is 0 Å². The van der Waals surface area contributed by atoms with E-state index in [1.54, 1.807) is 0 Å². The summed E-state index contributed by atoms with van der Waals surface area (Å²) in [5.41, 5.74) is 0.822. The van der Waals surface area contributed by atoms with Crippen molar-refractivity contribution >= 4 is 13.3 Å². The van der Waals surface area contributed by atoms with Gasteiger partial charge in [0.2, 0.25) is 0 Å². The molecule has 0 aliphatic carbocycles. The standard InChI is InChI=1S/C6H5B.C5H12N2.2H2O/c7-6-4-2-1-3-5-6;1-7-4-2-6-3-5-7;;/h1-5H;6H,2-5H2,1H3;2*1H2. The summed E-state index contributed by atoms with van der Waals surface area (Å²) in [6.07, 6.45) is 0. The number of hydrogen-bond donors (Lipinski definition) is 1. The maximum Gasteiger partial charge on any atom is 0.113 e. The number of nitrogens with zero attached hydrogens (tertiary/aromatic N) is 1. The monoisotopic (exact) mass is 224 g/mol. The summed E-state index contributed by atoms with van der Waals surface area (Å²) >= 11 is 0. The van der Waals surface area contributed by atoms with Gasteiger partial charge in [0.1, 0.15) is 7.85 Å². The molecule has 4 nitrogen and oxygen atoms in total. The molecule has 1 aromatic rings. The Labute approximate surface area is 98.7 Å². The highest BCUT2D eigenvalue weighted by atomic mass is 16.0. The largest absolute Gasteiger partial charge is 0.412 e. The van der Waals surface area contributed by atoms with Crippen LogP contribution in [0.15, 0.2) is 30.3 Å². The van der Waals surface area contributed by atoms with Crippen LogP contribution < -0.4 is 10.8 Å². The van der Waals surface area contributed by atoms with E-state index < -0.39 is 0 Å². The topological polar surface area (TPSA) is 78.3 Å². The van der Waals surface area contributed by atoms with Gasteiger partial charge in [-0.2, -0.15) is 0 Å². The van der Waals surface area contributed by atoms with Crippen molar-refractivity contribution in [1.82, 2.24) is 10.2 Å². The van der Waals surface area contributed by atoms with Crippen molar-refractivity contribution in [3.63, 3.8) is 0 Å². The average molecular weight is 224 g/mol. The highest BCUT2D eigenvalue weighted by Crippen LogP contribution is 1.83. The molecule has 5 N–H and O–H groups in total. The van der Waals surface area contributed by atoms with Crippen LogP contribution in [0.4, 0.5) is 0 Å². The van der Waals surface area contributed by atoms with Crippen molar-refractivity contribution < 1.29 is 11.0 Å². The molecule has 90 valence electrons. The minimum Gasteiger partial charge on any atom is -0.412 e. The lowest BCUT2D eigenvalue weighted by Gasteiger charge is -2.21. The summed E-state index contributed by atoms with van der Waals surface area (Å²) in [5.74, 6) is 0. The molecule has 0 unspecified atom stereocenters. The third-order valence-corrected chi connectivity index (χ3v) is 2.14. The van der Waals surface area contributed by atoms with Crippen LogP contribution in [-0.4, -0.2) is 56.9 Å². The molecule has 1 aliphatic rings. The minimum absolute atomic E-state index is 0. The van der Waals surface area contributed by atoms with E-state index in [9.17, 15) is 0 Å². The molecule has 1 heterocycles. The van der Waals surface area contributed by atoms with Gasteiger partial charge < -0.3 is 21.2 Å². The van der Waals surface area contributed by atoms with Crippen LogP contribution in [0, 0.1) is 0 Å². The van der Waals surface area contributed by atoms with Crippen LogP contribution in [0.3, 0.4) is 0 Å². The number of piperazine rings is 1. The van der Waals surface area contributed by atoms with Crippen molar-refractivity contribution in [2.24, 2.45) is 0 Å². The van der Waals surface area contributed by atoms with Gasteiger partial charge >= 0.3 is 0 Å². The van der Waals surface area contributed by atoms with Gasteiger partial charge in [0.15, 0.2) is 0 Å². The Morgan fingerprint density at radius 2 is 1.56 bits per heavy atom. The molecule has 5 heteroatoms. The zero-order valence-electron chi connectivity index (χ0n) is 9.74. The van der Waals surface area contributed by atoms with Gasteiger partial charge in [-0.1, -0.05) is 35.8 Å². The molecule has 0 aromatic heterocycles. The Balaban J connectivity index is 0. The van der Waals surface area contributed by atoms with Crippen LogP contribution in [0.25, 0.3) is 0 Å². The Morgan fingerprint density at radius 3 is 1.81 bits per heavy atom. The van der Waals surface area contributed by atoms with E-state index in [2.05, 4.69) is 17.3 Å².